The molecule has 7 nitrogen and oxygen atoms in total. The van der Waals surface area contributed by atoms with Crippen molar-refractivity contribution in [3.05, 3.63) is 28.4 Å². The molecule has 114 valence electrons. The number of methoxy groups -OCH3 is 2. The van der Waals surface area contributed by atoms with E-state index in [2.05, 4.69) is 0 Å². The van der Waals surface area contributed by atoms with Crippen LogP contribution in [0.5, 0.6) is 28.7 Å². The van der Waals surface area contributed by atoms with Crippen molar-refractivity contribution in [1.82, 2.24) is 0 Å². The summed E-state index contributed by atoms with van der Waals surface area (Å²) in [4.78, 5) is 12.6. The van der Waals surface area contributed by atoms with Crippen LogP contribution in [0.3, 0.4) is 0 Å². The predicted molar refractivity (Wildman–Crippen MR) is 78.1 cm³/mol. The lowest BCUT2D eigenvalue weighted by Crippen LogP contribution is -2.04. The fourth-order valence-corrected chi connectivity index (χ4v) is 2.38. The number of ether oxygens (including phenoxy) is 2. The third-order valence-electron chi connectivity index (χ3n) is 3.39. The molecule has 1 aromatic heterocycles. The van der Waals surface area contributed by atoms with Crippen LogP contribution < -0.4 is 14.9 Å². The molecule has 0 atom stereocenters. The van der Waals surface area contributed by atoms with Gasteiger partial charge in [-0.05, 0) is 12.1 Å². The number of benzene rings is 2. The zero-order valence-corrected chi connectivity index (χ0v) is 11.7. The highest BCUT2D eigenvalue weighted by atomic mass is 16.5. The molecule has 0 unspecified atom stereocenters. The first-order valence-electron chi connectivity index (χ1n) is 6.25. The van der Waals surface area contributed by atoms with E-state index in [-0.39, 0.29) is 44.9 Å². The number of rotatable bonds is 2. The van der Waals surface area contributed by atoms with Crippen molar-refractivity contribution in [2.45, 2.75) is 0 Å². The van der Waals surface area contributed by atoms with Crippen molar-refractivity contribution in [2.75, 3.05) is 14.2 Å². The van der Waals surface area contributed by atoms with Gasteiger partial charge < -0.3 is 29.2 Å². The van der Waals surface area contributed by atoms with Crippen molar-refractivity contribution in [3.63, 3.8) is 0 Å². The Balaban J connectivity index is 2.62. The smallest absolute Gasteiger partial charge is 0.208 e. The molecule has 3 rings (SSSR count). The summed E-state index contributed by atoms with van der Waals surface area (Å²) in [6, 6.07) is 3.88. The van der Waals surface area contributed by atoms with E-state index in [4.69, 9.17) is 13.9 Å². The quantitative estimate of drug-likeness (QED) is 0.622. The van der Waals surface area contributed by atoms with Crippen molar-refractivity contribution >= 4 is 21.9 Å². The Morgan fingerprint density at radius 3 is 2.36 bits per heavy atom. The minimum Gasteiger partial charge on any atom is -0.507 e. The molecule has 0 amide bonds. The molecule has 7 heteroatoms. The van der Waals surface area contributed by atoms with Crippen LogP contribution in [0.25, 0.3) is 21.9 Å². The van der Waals surface area contributed by atoms with Gasteiger partial charge in [0.05, 0.1) is 14.2 Å². The highest BCUT2D eigenvalue weighted by molar-refractivity contribution is 5.99. The van der Waals surface area contributed by atoms with Gasteiger partial charge in [-0.25, -0.2) is 0 Å². The maximum Gasteiger partial charge on any atom is 0.208 e. The minimum atomic E-state index is -0.663. The minimum absolute atomic E-state index is 0.0176. The van der Waals surface area contributed by atoms with E-state index in [9.17, 15) is 20.1 Å². The Labute approximate surface area is 123 Å². The van der Waals surface area contributed by atoms with Crippen LogP contribution in [0.15, 0.2) is 27.4 Å². The summed E-state index contributed by atoms with van der Waals surface area (Å²) in [6.45, 7) is 0. The van der Waals surface area contributed by atoms with Gasteiger partial charge in [-0.2, -0.15) is 0 Å². The molecule has 1 heterocycles. The average molecular weight is 304 g/mol. The second kappa shape index (κ2) is 4.73. The van der Waals surface area contributed by atoms with E-state index < -0.39 is 11.2 Å². The number of aromatic hydroxyl groups is 3. The summed E-state index contributed by atoms with van der Waals surface area (Å²) >= 11 is 0. The van der Waals surface area contributed by atoms with Gasteiger partial charge in [-0.1, -0.05) is 0 Å². The van der Waals surface area contributed by atoms with Crippen molar-refractivity contribution in [2.24, 2.45) is 0 Å². The van der Waals surface area contributed by atoms with Crippen LogP contribution in [-0.4, -0.2) is 29.5 Å². The largest absolute Gasteiger partial charge is 0.507 e. The Bertz CT molecular complexity index is 956. The molecule has 0 spiro atoms. The maximum atomic E-state index is 12.6. The molecular formula is C15H12O7. The third-order valence-corrected chi connectivity index (χ3v) is 3.39. The zero-order chi connectivity index (χ0) is 16.0. The molecule has 0 aliphatic heterocycles. The van der Waals surface area contributed by atoms with E-state index in [0.717, 1.165) is 6.07 Å². The number of hydrogen-bond acceptors (Lipinski definition) is 7. The van der Waals surface area contributed by atoms with Gasteiger partial charge in [0.1, 0.15) is 22.1 Å². The predicted octanol–water partition coefficient (Wildman–Crippen LogP) is 2.08. The van der Waals surface area contributed by atoms with Crippen LogP contribution >= 0.6 is 0 Å². The van der Waals surface area contributed by atoms with E-state index >= 15 is 0 Å². The number of phenolic OH excluding ortho intramolecular Hbond substituents is 3. The highest BCUT2D eigenvalue weighted by Gasteiger charge is 2.22. The molecule has 3 aromatic rings. The highest BCUT2D eigenvalue weighted by Crippen LogP contribution is 2.43. The Hall–Kier alpha value is -3.09. The topological polar surface area (TPSA) is 109 Å². The van der Waals surface area contributed by atoms with E-state index in [1.165, 1.54) is 26.4 Å². The summed E-state index contributed by atoms with van der Waals surface area (Å²) in [5, 5.41) is 29.5. The van der Waals surface area contributed by atoms with Gasteiger partial charge in [0.25, 0.3) is 0 Å². The standard InChI is InChI=1S/C15H12O7/c1-20-8-4-3-6(16)10-12(18)11-9(22-15(8)10)5-7(17)14(21-2)13(11)19/h3-5,16-17,19H,1-2H3. The fourth-order valence-electron chi connectivity index (χ4n) is 2.38. The number of fused-ring (bicyclic) bond motifs is 2. The van der Waals surface area contributed by atoms with Gasteiger partial charge in [0.2, 0.25) is 11.2 Å². The summed E-state index contributed by atoms with van der Waals surface area (Å²) in [5.74, 6) is -1.26. The van der Waals surface area contributed by atoms with E-state index in [0.29, 0.717) is 0 Å². The lowest BCUT2D eigenvalue weighted by atomic mass is 10.1. The molecule has 0 aliphatic rings. The average Bonchev–Trinajstić information content (AvgIpc) is 2.47. The van der Waals surface area contributed by atoms with E-state index in [1.54, 1.807) is 0 Å². The van der Waals surface area contributed by atoms with Gasteiger partial charge in [-0.3, -0.25) is 4.79 Å². The van der Waals surface area contributed by atoms with Crippen molar-refractivity contribution in [3.8, 4) is 28.7 Å². The first-order valence-corrected chi connectivity index (χ1v) is 6.25. The molecule has 0 saturated carbocycles. The Kier molecular flexibility index (Phi) is 2.98. The molecule has 0 fully saturated rings. The second-order valence-electron chi connectivity index (χ2n) is 4.57. The molecule has 0 aliphatic carbocycles. The van der Waals surface area contributed by atoms with Crippen molar-refractivity contribution < 1.29 is 29.2 Å². The molecular weight excluding hydrogens is 292 g/mol. The monoisotopic (exact) mass is 304 g/mol. The summed E-state index contributed by atoms with van der Waals surface area (Å²) < 4.78 is 15.5. The maximum absolute atomic E-state index is 12.6. The van der Waals surface area contributed by atoms with Gasteiger partial charge >= 0.3 is 0 Å². The van der Waals surface area contributed by atoms with Gasteiger partial charge in [0, 0.05) is 6.07 Å². The van der Waals surface area contributed by atoms with Crippen LogP contribution in [0.2, 0.25) is 0 Å². The van der Waals surface area contributed by atoms with Gasteiger partial charge in [-0.15, -0.1) is 0 Å². The number of phenols is 3. The Morgan fingerprint density at radius 2 is 1.73 bits per heavy atom. The fraction of sp³-hybridized carbons (Fsp3) is 0.133. The first kappa shape index (κ1) is 13.9. The van der Waals surface area contributed by atoms with Gasteiger partial charge in [0.15, 0.2) is 22.8 Å². The molecule has 2 aromatic carbocycles. The first-order chi connectivity index (χ1) is 10.5. The summed E-state index contributed by atoms with van der Waals surface area (Å²) in [5.41, 5.74) is -0.704. The van der Waals surface area contributed by atoms with Crippen LogP contribution in [0.4, 0.5) is 0 Å². The van der Waals surface area contributed by atoms with E-state index in [1.807, 2.05) is 0 Å². The summed E-state index contributed by atoms with van der Waals surface area (Å²) in [6.07, 6.45) is 0. The third kappa shape index (κ3) is 1.72. The van der Waals surface area contributed by atoms with Crippen molar-refractivity contribution in [1.29, 1.82) is 0 Å². The SMILES string of the molecule is COc1c(O)cc2oc3c(OC)ccc(O)c3c(=O)c2c1O. The summed E-state index contributed by atoms with van der Waals surface area (Å²) in [7, 11) is 2.63. The number of hydrogen-bond donors (Lipinski definition) is 3. The zero-order valence-electron chi connectivity index (χ0n) is 11.7. The second-order valence-corrected chi connectivity index (χ2v) is 4.57. The Morgan fingerprint density at radius 1 is 1.00 bits per heavy atom. The van der Waals surface area contributed by atoms with Crippen LogP contribution in [0, 0.1) is 0 Å². The van der Waals surface area contributed by atoms with Crippen LogP contribution in [0.1, 0.15) is 0 Å². The molecule has 0 radical (unpaired) electrons. The van der Waals surface area contributed by atoms with Crippen LogP contribution in [-0.2, 0) is 0 Å². The lowest BCUT2D eigenvalue weighted by molar-refractivity contribution is 0.346. The molecule has 3 N–H and O–H groups in total. The lowest BCUT2D eigenvalue weighted by Gasteiger charge is -2.11. The molecule has 0 saturated heterocycles. The molecule has 0 bridgehead atoms. The normalized spacial score (nSPS) is 11.0. The molecule has 22 heavy (non-hydrogen) atoms.